The molecular weight excluding hydrogens is 344 g/mol. The molecule has 0 bridgehead atoms. The van der Waals surface area contributed by atoms with E-state index in [-0.39, 0.29) is 29.2 Å². The van der Waals surface area contributed by atoms with Gasteiger partial charge in [-0.05, 0) is 31.0 Å². The molecule has 6 nitrogen and oxygen atoms in total. The number of hydrogen-bond donors (Lipinski definition) is 2. The minimum Gasteiger partial charge on any atom is -0.465 e. The normalized spacial score (nSPS) is 17.7. The second-order valence-electron chi connectivity index (χ2n) is 6.68. The fourth-order valence-electron chi connectivity index (χ4n) is 2.91. The summed E-state index contributed by atoms with van der Waals surface area (Å²) in [6.07, 6.45) is 0.506. The lowest BCUT2D eigenvalue weighted by Crippen LogP contribution is -2.27. The summed E-state index contributed by atoms with van der Waals surface area (Å²) in [7, 11) is 1.29. The molecule has 2 atom stereocenters. The lowest BCUT2D eigenvalue weighted by Gasteiger charge is -2.09. The summed E-state index contributed by atoms with van der Waals surface area (Å²) in [6.45, 7) is 2.45. The molecule has 27 heavy (non-hydrogen) atoms. The first kappa shape index (κ1) is 18.6. The number of rotatable bonds is 6. The summed E-state index contributed by atoms with van der Waals surface area (Å²) >= 11 is 0. The fraction of sp³-hybridized carbons (Fsp3) is 0.286. The third-order valence-corrected chi connectivity index (χ3v) is 4.64. The first-order chi connectivity index (χ1) is 13.0. The van der Waals surface area contributed by atoms with Crippen molar-refractivity contribution in [2.75, 3.05) is 12.4 Å². The standard InChI is InChI=1S/C21H22N2O4/c1-13-7-9-14(10-8-13)12-22-19(24)16-11-17(16)20(25)23-18-6-4-3-5-15(18)21(26)27-2/h3-10,16-17H,11-12H2,1-2H3,(H,22,24)(H,23,25). The number of nitrogens with one attached hydrogen (secondary N) is 2. The average Bonchev–Trinajstić information content (AvgIpc) is 3.48. The average molecular weight is 366 g/mol. The van der Waals surface area contributed by atoms with Crippen molar-refractivity contribution in [2.45, 2.75) is 19.9 Å². The number of amides is 2. The zero-order chi connectivity index (χ0) is 19.4. The Bertz CT molecular complexity index is 861. The molecule has 0 heterocycles. The number of anilines is 1. The summed E-state index contributed by atoms with van der Waals surface area (Å²) < 4.78 is 4.72. The summed E-state index contributed by atoms with van der Waals surface area (Å²) in [5.74, 6) is -1.62. The van der Waals surface area contributed by atoms with Crippen LogP contribution in [0.4, 0.5) is 5.69 Å². The Hall–Kier alpha value is -3.15. The van der Waals surface area contributed by atoms with Crippen molar-refractivity contribution in [1.29, 1.82) is 0 Å². The quantitative estimate of drug-likeness (QED) is 0.770. The molecule has 1 aliphatic carbocycles. The van der Waals surface area contributed by atoms with Crippen LogP contribution in [0.3, 0.4) is 0 Å². The molecule has 2 unspecified atom stereocenters. The summed E-state index contributed by atoms with van der Waals surface area (Å²) in [5.41, 5.74) is 2.85. The lowest BCUT2D eigenvalue weighted by molar-refractivity contribution is -0.125. The van der Waals surface area contributed by atoms with Gasteiger partial charge in [-0.25, -0.2) is 4.79 Å². The van der Waals surface area contributed by atoms with Gasteiger partial charge in [-0.3, -0.25) is 9.59 Å². The van der Waals surface area contributed by atoms with E-state index in [0.717, 1.165) is 11.1 Å². The number of aryl methyl sites for hydroxylation is 1. The van der Waals surface area contributed by atoms with Crippen molar-refractivity contribution in [3.05, 3.63) is 65.2 Å². The zero-order valence-electron chi connectivity index (χ0n) is 15.3. The van der Waals surface area contributed by atoms with Crippen LogP contribution < -0.4 is 10.6 Å². The summed E-state index contributed by atoms with van der Waals surface area (Å²) in [5, 5.41) is 5.61. The van der Waals surface area contributed by atoms with Crippen LogP contribution in [0.2, 0.25) is 0 Å². The van der Waals surface area contributed by atoms with Gasteiger partial charge in [0.15, 0.2) is 0 Å². The van der Waals surface area contributed by atoms with Crippen LogP contribution in [-0.2, 0) is 20.9 Å². The number of carbonyl (C=O) groups is 3. The third-order valence-electron chi connectivity index (χ3n) is 4.64. The topological polar surface area (TPSA) is 84.5 Å². The zero-order valence-corrected chi connectivity index (χ0v) is 15.3. The highest BCUT2D eigenvalue weighted by molar-refractivity contribution is 6.04. The van der Waals surface area contributed by atoms with Gasteiger partial charge in [-0.1, -0.05) is 42.0 Å². The second-order valence-corrected chi connectivity index (χ2v) is 6.68. The maximum atomic E-state index is 12.4. The SMILES string of the molecule is COC(=O)c1ccccc1NC(=O)C1CC1C(=O)NCc1ccc(C)cc1. The van der Waals surface area contributed by atoms with Crippen molar-refractivity contribution in [1.82, 2.24) is 5.32 Å². The monoisotopic (exact) mass is 366 g/mol. The molecule has 0 saturated heterocycles. The minimum atomic E-state index is -0.519. The molecule has 6 heteroatoms. The van der Waals surface area contributed by atoms with Gasteiger partial charge < -0.3 is 15.4 Å². The minimum absolute atomic E-state index is 0.128. The molecule has 1 aliphatic rings. The van der Waals surface area contributed by atoms with Crippen LogP contribution in [0.15, 0.2) is 48.5 Å². The smallest absolute Gasteiger partial charge is 0.339 e. The van der Waals surface area contributed by atoms with Crippen LogP contribution in [0.5, 0.6) is 0 Å². The van der Waals surface area contributed by atoms with E-state index in [1.165, 1.54) is 7.11 Å². The Morgan fingerprint density at radius 1 is 1.00 bits per heavy atom. The molecule has 2 aromatic rings. The number of methoxy groups -OCH3 is 1. The van der Waals surface area contributed by atoms with Gasteiger partial charge in [0.2, 0.25) is 11.8 Å². The van der Waals surface area contributed by atoms with Crippen molar-refractivity contribution in [2.24, 2.45) is 11.8 Å². The molecule has 0 aliphatic heterocycles. The molecule has 1 fully saturated rings. The van der Waals surface area contributed by atoms with Crippen molar-refractivity contribution < 1.29 is 19.1 Å². The molecule has 2 amide bonds. The highest BCUT2D eigenvalue weighted by Gasteiger charge is 2.48. The van der Waals surface area contributed by atoms with Crippen molar-refractivity contribution >= 4 is 23.5 Å². The predicted octanol–water partition coefficient (Wildman–Crippen LogP) is 2.67. The van der Waals surface area contributed by atoms with Gasteiger partial charge in [0.25, 0.3) is 0 Å². The maximum absolute atomic E-state index is 12.4. The van der Waals surface area contributed by atoms with E-state index in [1.807, 2.05) is 31.2 Å². The molecule has 2 N–H and O–H groups in total. The van der Waals surface area contributed by atoms with Gasteiger partial charge >= 0.3 is 5.97 Å². The Morgan fingerprint density at radius 2 is 1.67 bits per heavy atom. The Morgan fingerprint density at radius 3 is 2.37 bits per heavy atom. The molecule has 3 rings (SSSR count). The largest absolute Gasteiger partial charge is 0.465 e. The van der Waals surface area contributed by atoms with E-state index in [2.05, 4.69) is 10.6 Å². The van der Waals surface area contributed by atoms with E-state index in [0.29, 0.717) is 18.7 Å². The molecule has 140 valence electrons. The maximum Gasteiger partial charge on any atom is 0.339 e. The van der Waals surface area contributed by atoms with Gasteiger partial charge in [0.05, 0.1) is 30.2 Å². The molecule has 0 spiro atoms. The number of para-hydroxylation sites is 1. The highest BCUT2D eigenvalue weighted by Crippen LogP contribution is 2.39. The van der Waals surface area contributed by atoms with Crippen molar-refractivity contribution in [3.8, 4) is 0 Å². The van der Waals surface area contributed by atoms with Gasteiger partial charge in [0, 0.05) is 6.54 Å². The van der Waals surface area contributed by atoms with Gasteiger partial charge in [0.1, 0.15) is 0 Å². The number of esters is 1. The van der Waals surface area contributed by atoms with E-state index in [1.54, 1.807) is 24.3 Å². The first-order valence-corrected chi connectivity index (χ1v) is 8.81. The van der Waals surface area contributed by atoms with E-state index in [9.17, 15) is 14.4 Å². The lowest BCUT2D eigenvalue weighted by atomic mass is 10.1. The Balaban J connectivity index is 1.54. The van der Waals surface area contributed by atoms with Crippen LogP contribution in [0, 0.1) is 18.8 Å². The van der Waals surface area contributed by atoms with E-state index in [4.69, 9.17) is 4.74 Å². The fourth-order valence-corrected chi connectivity index (χ4v) is 2.91. The summed E-state index contributed by atoms with van der Waals surface area (Å²) in [6, 6.07) is 14.6. The Kier molecular flexibility index (Phi) is 5.54. The van der Waals surface area contributed by atoms with Crippen LogP contribution in [-0.4, -0.2) is 24.9 Å². The van der Waals surface area contributed by atoms with Crippen LogP contribution in [0.1, 0.15) is 27.9 Å². The second kappa shape index (κ2) is 8.03. The molecular formula is C21H22N2O4. The number of hydrogen-bond acceptors (Lipinski definition) is 4. The van der Waals surface area contributed by atoms with E-state index < -0.39 is 5.97 Å². The van der Waals surface area contributed by atoms with Crippen LogP contribution in [0.25, 0.3) is 0 Å². The Labute approximate surface area is 157 Å². The summed E-state index contributed by atoms with van der Waals surface area (Å²) in [4.78, 5) is 36.5. The number of carbonyl (C=O) groups excluding carboxylic acids is 3. The highest BCUT2D eigenvalue weighted by atomic mass is 16.5. The van der Waals surface area contributed by atoms with Gasteiger partial charge in [-0.15, -0.1) is 0 Å². The van der Waals surface area contributed by atoms with Gasteiger partial charge in [-0.2, -0.15) is 0 Å². The number of benzene rings is 2. The molecule has 2 aromatic carbocycles. The van der Waals surface area contributed by atoms with Crippen LogP contribution >= 0.6 is 0 Å². The third kappa shape index (κ3) is 4.53. The predicted molar refractivity (Wildman–Crippen MR) is 101 cm³/mol. The molecule has 0 radical (unpaired) electrons. The molecule has 1 saturated carbocycles. The van der Waals surface area contributed by atoms with E-state index >= 15 is 0 Å². The molecule has 0 aromatic heterocycles. The first-order valence-electron chi connectivity index (χ1n) is 8.81. The number of ether oxygens (including phenoxy) is 1. The van der Waals surface area contributed by atoms with Crippen molar-refractivity contribution in [3.63, 3.8) is 0 Å².